The molecular weight excluding hydrogens is 262 g/mol. The molecule has 1 amide bonds. The van der Waals surface area contributed by atoms with E-state index in [1.54, 1.807) is 4.90 Å². The second-order valence-corrected chi connectivity index (χ2v) is 5.05. The molecule has 0 saturated heterocycles. The summed E-state index contributed by atoms with van der Waals surface area (Å²) in [4.78, 5) is 24.5. The summed E-state index contributed by atoms with van der Waals surface area (Å²) in [6.45, 7) is 0.164. The fraction of sp³-hybridized carbons (Fsp3) is 0.615. The maximum absolute atomic E-state index is 12.5. The van der Waals surface area contributed by atoms with Gasteiger partial charge in [0.25, 0.3) is 5.91 Å². The number of nitrogens with zero attached hydrogens (tertiary/aromatic N) is 3. The van der Waals surface area contributed by atoms with Crippen molar-refractivity contribution >= 4 is 11.7 Å². The van der Waals surface area contributed by atoms with Gasteiger partial charge in [0.2, 0.25) is 0 Å². The van der Waals surface area contributed by atoms with E-state index in [0.717, 1.165) is 25.7 Å². The number of carbonyl (C=O) groups is 1. The molecule has 1 aliphatic rings. The molecule has 1 aromatic rings. The number of hydrogen-bond acceptors (Lipinski definition) is 4. The van der Waals surface area contributed by atoms with Gasteiger partial charge in [0, 0.05) is 18.7 Å². The van der Waals surface area contributed by atoms with Crippen LogP contribution in [0.4, 0.5) is 5.82 Å². The molecule has 1 aromatic heterocycles. The molecule has 20 heavy (non-hydrogen) atoms. The Morgan fingerprint density at radius 3 is 2.65 bits per heavy atom. The van der Waals surface area contributed by atoms with Crippen molar-refractivity contribution in [3.8, 4) is 0 Å². The summed E-state index contributed by atoms with van der Waals surface area (Å²) >= 11 is 0. The van der Waals surface area contributed by atoms with E-state index >= 15 is 0 Å². The Balaban J connectivity index is 2.25. The molecule has 0 radical (unpaired) electrons. The van der Waals surface area contributed by atoms with Crippen LogP contribution in [0.3, 0.4) is 0 Å². The largest absolute Gasteiger partial charge is 0.395 e. The average Bonchev–Trinajstić information content (AvgIpc) is 3.04. The zero-order valence-electron chi connectivity index (χ0n) is 11.5. The Bertz CT molecular complexity index is 506. The van der Waals surface area contributed by atoms with Crippen LogP contribution in [-0.2, 0) is 7.05 Å². The number of carbonyl (C=O) groups excluding carboxylic acids is 1. The van der Waals surface area contributed by atoms with Gasteiger partial charge in [-0.3, -0.25) is 4.79 Å². The standard InChI is InChI=1S/C13H19N3O4/c1-14-11(6-7-12(14)16(19)20)13(18)15(8-9-17)10-4-2-3-5-10/h6-7,10,17H,2-5,8-9H2,1H3. The number of rotatable bonds is 5. The summed E-state index contributed by atoms with van der Waals surface area (Å²) in [6, 6.07) is 2.93. The lowest BCUT2D eigenvalue weighted by molar-refractivity contribution is -0.391. The van der Waals surface area contributed by atoms with Gasteiger partial charge in [-0.2, -0.15) is 0 Å². The number of amides is 1. The molecule has 1 aliphatic carbocycles. The Labute approximate surface area is 116 Å². The predicted molar refractivity (Wildman–Crippen MR) is 72.4 cm³/mol. The van der Waals surface area contributed by atoms with Gasteiger partial charge in [-0.25, -0.2) is 4.57 Å². The maximum atomic E-state index is 12.5. The molecule has 110 valence electrons. The topological polar surface area (TPSA) is 88.6 Å². The number of aliphatic hydroxyl groups excluding tert-OH is 1. The second kappa shape index (κ2) is 6.04. The first kappa shape index (κ1) is 14.5. The van der Waals surface area contributed by atoms with Crippen molar-refractivity contribution in [3.63, 3.8) is 0 Å². The van der Waals surface area contributed by atoms with Crippen molar-refractivity contribution in [2.75, 3.05) is 13.2 Å². The first-order chi connectivity index (χ1) is 9.56. The van der Waals surface area contributed by atoms with Crippen molar-refractivity contribution in [2.45, 2.75) is 31.7 Å². The monoisotopic (exact) mass is 281 g/mol. The van der Waals surface area contributed by atoms with Gasteiger partial charge >= 0.3 is 5.82 Å². The summed E-state index contributed by atoms with van der Waals surface area (Å²) in [6.07, 6.45) is 4.01. The molecule has 0 atom stereocenters. The molecule has 2 rings (SSSR count). The average molecular weight is 281 g/mol. The van der Waals surface area contributed by atoms with Crippen LogP contribution in [0.1, 0.15) is 36.2 Å². The van der Waals surface area contributed by atoms with Crippen molar-refractivity contribution in [1.29, 1.82) is 0 Å². The Morgan fingerprint density at radius 2 is 2.15 bits per heavy atom. The molecule has 1 heterocycles. The zero-order chi connectivity index (χ0) is 14.7. The van der Waals surface area contributed by atoms with Crippen LogP contribution < -0.4 is 0 Å². The Hall–Kier alpha value is -1.89. The van der Waals surface area contributed by atoms with E-state index in [9.17, 15) is 14.9 Å². The van der Waals surface area contributed by atoms with E-state index in [4.69, 9.17) is 5.11 Å². The molecule has 0 unspecified atom stereocenters. The minimum Gasteiger partial charge on any atom is -0.395 e. The Morgan fingerprint density at radius 1 is 1.50 bits per heavy atom. The molecule has 0 aliphatic heterocycles. The van der Waals surface area contributed by atoms with Gasteiger partial charge in [-0.15, -0.1) is 0 Å². The van der Waals surface area contributed by atoms with Crippen LogP contribution in [-0.4, -0.2) is 44.6 Å². The summed E-state index contributed by atoms with van der Waals surface area (Å²) in [5.74, 6) is -0.356. The van der Waals surface area contributed by atoms with Crippen LogP contribution in [0, 0.1) is 10.1 Å². The summed E-state index contributed by atoms with van der Waals surface area (Å²) in [5, 5.41) is 20.0. The van der Waals surface area contributed by atoms with E-state index in [2.05, 4.69) is 0 Å². The second-order valence-electron chi connectivity index (χ2n) is 5.05. The first-order valence-corrected chi connectivity index (χ1v) is 6.78. The van der Waals surface area contributed by atoms with Crippen LogP contribution >= 0.6 is 0 Å². The van der Waals surface area contributed by atoms with E-state index < -0.39 is 4.92 Å². The van der Waals surface area contributed by atoms with Crippen LogP contribution in [0.2, 0.25) is 0 Å². The van der Waals surface area contributed by atoms with E-state index in [1.807, 2.05) is 0 Å². The highest BCUT2D eigenvalue weighted by Crippen LogP contribution is 2.25. The molecule has 0 spiro atoms. The minimum atomic E-state index is -0.511. The predicted octanol–water partition coefficient (Wildman–Crippen LogP) is 1.31. The third kappa shape index (κ3) is 2.67. The van der Waals surface area contributed by atoms with Gasteiger partial charge < -0.3 is 20.1 Å². The molecule has 0 aromatic carbocycles. The van der Waals surface area contributed by atoms with Crippen molar-refractivity contribution in [3.05, 3.63) is 27.9 Å². The Kier molecular flexibility index (Phi) is 4.39. The molecule has 0 bridgehead atoms. The van der Waals surface area contributed by atoms with Crippen molar-refractivity contribution in [2.24, 2.45) is 7.05 Å². The lowest BCUT2D eigenvalue weighted by atomic mass is 10.2. The highest BCUT2D eigenvalue weighted by Gasteiger charge is 2.31. The molecular formula is C13H19N3O4. The molecule has 1 saturated carbocycles. The molecule has 1 fully saturated rings. The lowest BCUT2D eigenvalue weighted by Crippen LogP contribution is -2.41. The normalized spacial score (nSPS) is 15.5. The van der Waals surface area contributed by atoms with Gasteiger partial charge in [-0.05, 0) is 23.8 Å². The maximum Gasteiger partial charge on any atom is 0.323 e. The van der Waals surface area contributed by atoms with E-state index in [0.29, 0.717) is 0 Å². The van der Waals surface area contributed by atoms with Crippen molar-refractivity contribution < 1.29 is 14.8 Å². The SMILES string of the molecule is Cn1c(C(=O)N(CCO)C2CCCC2)ccc1[N+](=O)[O-]. The lowest BCUT2D eigenvalue weighted by Gasteiger charge is -2.27. The molecule has 7 nitrogen and oxygen atoms in total. The fourth-order valence-electron chi connectivity index (χ4n) is 2.82. The third-order valence-electron chi connectivity index (χ3n) is 3.87. The van der Waals surface area contributed by atoms with Crippen LogP contribution in [0.25, 0.3) is 0 Å². The first-order valence-electron chi connectivity index (χ1n) is 6.78. The summed E-state index contributed by atoms with van der Waals surface area (Å²) < 4.78 is 1.29. The third-order valence-corrected chi connectivity index (χ3v) is 3.87. The van der Waals surface area contributed by atoms with Gasteiger partial charge in [0.05, 0.1) is 13.7 Å². The quantitative estimate of drug-likeness (QED) is 0.651. The van der Waals surface area contributed by atoms with Gasteiger partial charge in [0.15, 0.2) is 5.69 Å². The molecule has 1 N–H and O–H groups in total. The van der Waals surface area contributed by atoms with Gasteiger partial charge in [-0.1, -0.05) is 12.8 Å². The number of aromatic nitrogens is 1. The summed E-state index contributed by atoms with van der Waals surface area (Å²) in [7, 11) is 1.51. The molecule has 7 heteroatoms. The number of hydrogen-bond donors (Lipinski definition) is 1. The van der Waals surface area contributed by atoms with Crippen LogP contribution in [0.15, 0.2) is 12.1 Å². The minimum absolute atomic E-state index is 0.102. The number of aliphatic hydroxyl groups is 1. The number of nitro groups is 1. The fourth-order valence-corrected chi connectivity index (χ4v) is 2.82. The van der Waals surface area contributed by atoms with Crippen molar-refractivity contribution in [1.82, 2.24) is 9.47 Å². The van der Waals surface area contributed by atoms with Crippen LogP contribution in [0.5, 0.6) is 0 Å². The van der Waals surface area contributed by atoms with Gasteiger partial charge in [0.1, 0.15) is 0 Å². The van der Waals surface area contributed by atoms with E-state index in [1.165, 1.54) is 23.7 Å². The highest BCUT2D eigenvalue weighted by molar-refractivity contribution is 5.93. The smallest absolute Gasteiger partial charge is 0.323 e. The van der Waals surface area contributed by atoms with E-state index in [-0.39, 0.29) is 36.6 Å². The zero-order valence-corrected chi connectivity index (χ0v) is 11.5. The summed E-state index contributed by atoms with van der Waals surface area (Å²) in [5.41, 5.74) is 0.289. The highest BCUT2D eigenvalue weighted by atomic mass is 16.6.